The van der Waals surface area contributed by atoms with Crippen molar-refractivity contribution < 1.29 is 41.0 Å². The molecule has 0 saturated carbocycles. The van der Waals surface area contributed by atoms with Gasteiger partial charge in [-0.1, -0.05) is 0 Å². The quantitative estimate of drug-likeness (QED) is 0.446. The Morgan fingerprint density at radius 2 is 1.56 bits per heavy atom. The minimum atomic E-state index is -5.93. The van der Waals surface area contributed by atoms with Crippen molar-refractivity contribution in [2.45, 2.75) is 18.5 Å². The molecule has 0 saturated heterocycles. The summed E-state index contributed by atoms with van der Waals surface area (Å²) in [6.07, 6.45) is -7.39. The molecule has 0 amide bonds. The van der Waals surface area contributed by atoms with Gasteiger partial charge in [-0.3, -0.25) is 4.79 Å². The van der Waals surface area contributed by atoms with Crippen LogP contribution in [0.2, 0.25) is 0 Å². The van der Waals surface area contributed by atoms with Crippen molar-refractivity contribution in [3.05, 3.63) is 11.6 Å². The Labute approximate surface area is 98.3 Å². The van der Waals surface area contributed by atoms with Crippen molar-refractivity contribution in [2.75, 3.05) is 14.2 Å². The van der Waals surface area contributed by atoms with Gasteiger partial charge in [0.25, 0.3) is 0 Å². The lowest BCUT2D eigenvalue weighted by Crippen LogP contribution is -2.39. The number of ether oxygens (including phenoxy) is 2. The maximum absolute atomic E-state index is 13.0. The van der Waals surface area contributed by atoms with Crippen LogP contribution in [-0.2, 0) is 19.1 Å². The first-order chi connectivity index (χ1) is 8.06. The van der Waals surface area contributed by atoms with E-state index in [-0.39, 0.29) is 6.08 Å². The Bertz CT molecular complexity index is 358. The summed E-state index contributed by atoms with van der Waals surface area (Å²) >= 11 is 0. The van der Waals surface area contributed by atoms with E-state index in [1.54, 1.807) is 0 Å². The van der Waals surface area contributed by atoms with E-state index in [1.165, 1.54) is 0 Å². The summed E-state index contributed by atoms with van der Waals surface area (Å²) in [5.41, 5.74) is -1.74. The molecule has 4 nitrogen and oxygen atoms in total. The van der Waals surface area contributed by atoms with Gasteiger partial charge < -0.3 is 9.47 Å². The maximum Gasteiger partial charge on any atom is 0.457 e. The van der Waals surface area contributed by atoms with Gasteiger partial charge in [0.1, 0.15) is 0 Å². The lowest BCUT2D eigenvalue weighted by molar-refractivity contribution is -0.265. The zero-order chi connectivity index (χ0) is 14.6. The Kier molecular flexibility index (Phi) is 5.25. The van der Waals surface area contributed by atoms with Gasteiger partial charge in [-0.15, -0.1) is 0 Å². The molecule has 0 N–H and O–H groups in total. The number of methoxy groups -OCH3 is 2. The molecule has 0 aromatic heterocycles. The standard InChI is InChI=1S/C9H9F5O4/c1-17-6(15)3-5(4-7(16)18-2)8(10,11)9(12,13)14/h3H,4H2,1-2H3. The smallest absolute Gasteiger partial charge is 0.457 e. The number of rotatable bonds is 4. The van der Waals surface area contributed by atoms with E-state index in [0.29, 0.717) is 0 Å². The topological polar surface area (TPSA) is 52.6 Å². The molecule has 0 aromatic rings. The van der Waals surface area contributed by atoms with Gasteiger partial charge in [0.05, 0.1) is 20.6 Å². The van der Waals surface area contributed by atoms with Crippen LogP contribution >= 0.6 is 0 Å². The van der Waals surface area contributed by atoms with Crippen molar-refractivity contribution in [1.82, 2.24) is 0 Å². The van der Waals surface area contributed by atoms with Crippen molar-refractivity contribution >= 4 is 11.9 Å². The fraction of sp³-hybridized carbons (Fsp3) is 0.556. The number of halogens is 5. The van der Waals surface area contributed by atoms with Gasteiger partial charge in [-0.2, -0.15) is 22.0 Å². The number of esters is 2. The van der Waals surface area contributed by atoms with Crippen LogP contribution in [-0.4, -0.2) is 38.3 Å². The Morgan fingerprint density at radius 3 is 1.89 bits per heavy atom. The normalized spacial score (nSPS) is 13.2. The second-order valence-corrected chi connectivity index (χ2v) is 3.02. The fourth-order valence-electron chi connectivity index (χ4n) is 0.864. The third-order valence-corrected chi connectivity index (χ3v) is 1.82. The molecule has 0 radical (unpaired) electrons. The fourth-order valence-corrected chi connectivity index (χ4v) is 0.864. The van der Waals surface area contributed by atoms with E-state index >= 15 is 0 Å². The van der Waals surface area contributed by atoms with Crippen LogP contribution in [0.15, 0.2) is 11.6 Å². The number of carbonyl (C=O) groups excluding carboxylic acids is 2. The van der Waals surface area contributed by atoms with Gasteiger partial charge in [0, 0.05) is 11.6 Å². The van der Waals surface area contributed by atoms with Gasteiger partial charge in [-0.25, -0.2) is 4.79 Å². The van der Waals surface area contributed by atoms with Crippen LogP contribution in [0.25, 0.3) is 0 Å². The van der Waals surface area contributed by atoms with Gasteiger partial charge in [0.15, 0.2) is 0 Å². The van der Waals surface area contributed by atoms with Crippen LogP contribution in [0.4, 0.5) is 22.0 Å². The molecule has 0 rings (SSSR count). The summed E-state index contributed by atoms with van der Waals surface area (Å²) in [5.74, 6) is -8.10. The molecule has 0 aliphatic heterocycles. The summed E-state index contributed by atoms with van der Waals surface area (Å²) in [5, 5.41) is 0. The summed E-state index contributed by atoms with van der Waals surface area (Å²) in [6.45, 7) is 0. The minimum absolute atomic E-state index is 0.0790. The molecule has 104 valence electrons. The van der Waals surface area contributed by atoms with E-state index in [1.807, 2.05) is 0 Å². The van der Waals surface area contributed by atoms with E-state index in [9.17, 15) is 31.5 Å². The zero-order valence-corrected chi connectivity index (χ0v) is 9.31. The highest BCUT2D eigenvalue weighted by Gasteiger charge is 2.60. The highest BCUT2D eigenvalue weighted by Crippen LogP contribution is 2.42. The van der Waals surface area contributed by atoms with Crippen LogP contribution in [0.3, 0.4) is 0 Å². The van der Waals surface area contributed by atoms with E-state index < -0.39 is 36.0 Å². The molecule has 0 unspecified atom stereocenters. The molecule has 0 spiro atoms. The summed E-state index contributed by atoms with van der Waals surface area (Å²) in [7, 11) is 1.60. The molecule has 0 aromatic carbocycles. The predicted molar refractivity (Wildman–Crippen MR) is 47.7 cm³/mol. The molecule has 9 heteroatoms. The molecule has 0 fully saturated rings. The van der Waals surface area contributed by atoms with Gasteiger partial charge in [0.2, 0.25) is 0 Å². The second kappa shape index (κ2) is 5.78. The SMILES string of the molecule is COC(=O)C=C(CC(=O)OC)C(F)(F)C(F)(F)F. The zero-order valence-electron chi connectivity index (χ0n) is 9.31. The van der Waals surface area contributed by atoms with Crippen LogP contribution in [0, 0.1) is 0 Å². The number of hydrogen-bond acceptors (Lipinski definition) is 4. The molecule has 18 heavy (non-hydrogen) atoms. The maximum atomic E-state index is 13.0. The van der Waals surface area contributed by atoms with E-state index in [0.717, 1.165) is 14.2 Å². The van der Waals surface area contributed by atoms with Crippen molar-refractivity contribution in [3.8, 4) is 0 Å². The van der Waals surface area contributed by atoms with Crippen LogP contribution < -0.4 is 0 Å². The summed E-state index contributed by atoms with van der Waals surface area (Å²) < 4.78 is 70.2. The first-order valence-electron chi connectivity index (χ1n) is 4.36. The molecule has 0 aliphatic rings. The monoisotopic (exact) mass is 276 g/mol. The molecular weight excluding hydrogens is 267 g/mol. The van der Waals surface area contributed by atoms with Crippen molar-refractivity contribution in [1.29, 1.82) is 0 Å². The van der Waals surface area contributed by atoms with Crippen molar-refractivity contribution in [3.63, 3.8) is 0 Å². The van der Waals surface area contributed by atoms with E-state index in [2.05, 4.69) is 9.47 Å². The number of carbonyl (C=O) groups is 2. The van der Waals surface area contributed by atoms with Gasteiger partial charge >= 0.3 is 24.0 Å². The molecular formula is C9H9F5O4. The molecule has 0 aliphatic carbocycles. The molecule has 0 heterocycles. The third-order valence-electron chi connectivity index (χ3n) is 1.82. The number of hydrogen-bond donors (Lipinski definition) is 0. The molecule has 0 bridgehead atoms. The second-order valence-electron chi connectivity index (χ2n) is 3.02. The van der Waals surface area contributed by atoms with Gasteiger partial charge in [-0.05, 0) is 0 Å². The first-order valence-corrected chi connectivity index (χ1v) is 4.36. The minimum Gasteiger partial charge on any atom is -0.469 e. The predicted octanol–water partition coefficient (Wildman–Crippen LogP) is 1.85. The first kappa shape index (κ1) is 16.3. The third kappa shape index (κ3) is 3.97. The lowest BCUT2D eigenvalue weighted by Gasteiger charge is -2.21. The summed E-state index contributed by atoms with van der Waals surface area (Å²) in [6, 6.07) is 0. The van der Waals surface area contributed by atoms with Crippen LogP contribution in [0.5, 0.6) is 0 Å². The highest BCUT2D eigenvalue weighted by atomic mass is 19.4. The number of alkyl halides is 5. The van der Waals surface area contributed by atoms with Crippen LogP contribution in [0.1, 0.15) is 6.42 Å². The average Bonchev–Trinajstić information content (AvgIpc) is 2.25. The summed E-state index contributed by atoms with van der Waals surface area (Å²) in [4.78, 5) is 21.5. The Balaban J connectivity index is 5.41. The Hall–Kier alpha value is -1.67. The van der Waals surface area contributed by atoms with Crippen molar-refractivity contribution in [2.24, 2.45) is 0 Å². The largest absolute Gasteiger partial charge is 0.469 e. The Morgan fingerprint density at radius 1 is 1.06 bits per heavy atom. The average molecular weight is 276 g/mol. The molecule has 0 atom stereocenters. The lowest BCUT2D eigenvalue weighted by atomic mass is 10.0. The highest BCUT2D eigenvalue weighted by molar-refractivity contribution is 5.85. The van der Waals surface area contributed by atoms with E-state index in [4.69, 9.17) is 0 Å².